The highest BCUT2D eigenvalue weighted by atomic mass is 16.6. The van der Waals surface area contributed by atoms with E-state index >= 15 is 0 Å². The molecule has 1 aromatic carbocycles. The number of benzene rings is 1. The quantitative estimate of drug-likeness (QED) is 0.889. The van der Waals surface area contributed by atoms with Crippen LogP contribution in [0.1, 0.15) is 11.5 Å². The molecule has 1 aromatic rings. The standard InChI is InChI=1S/C14H19NO4/c16-10-13(12-4-2-1-3-5-12)11-19-14(17)15-6-8-18-9-7-15/h1-5,13,16H,6-11H2/t13-/m1/s1. The van der Waals surface area contributed by atoms with Crippen molar-refractivity contribution in [2.45, 2.75) is 5.92 Å². The lowest BCUT2D eigenvalue weighted by atomic mass is 10.0. The maximum Gasteiger partial charge on any atom is 0.409 e. The van der Waals surface area contributed by atoms with Gasteiger partial charge in [-0.25, -0.2) is 4.79 Å². The summed E-state index contributed by atoms with van der Waals surface area (Å²) < 4.78 is 10.4. The fraction of sp³-hybridized carbons (Fsp3) is 0.500. The Kier molecular flexibility index (Phi) is 5.18. The van der Waals surface area contributed by atoms with Crippen LogP contribution in [0.25, 0.3) is 0 Å². The topological polar surface area (TPSA) is 59.0 Å². The molecule has 0 radical (unpaired) electrons. The Labute approximate surface area is 112 Å². The summed E-state index contributed by atoms with van der Waals surface area (Å²) in [5.74, 6) is -0.175. The lowest BCUT2D eigenvalue weighted by molar-refractivity contribution is 0.0238. The van der Waals surface area contributed by atoms with Gasteiger partial charge in [-0.3, -0.25) is 0 Å². The van der Waals surface area contributed by atoms with Crippen LogP contribution < -0.4 is 0 Å². The van der Waals surface area contributed by atoms with E-state index in [0.29, 0.717) is 26.3 Å². The van der Waals surface area contributed by atoms with Gasteiger partial charge in [0.05, 0.1) is 19.8 Å². The molecular weight excluding hydrogens is 246 g/mol. The molecule has 0 spiro atoms. The maximum atomic E-state index is 11.8. The summed E-state index contributed by atoms with van der Waals surface area (Å²) in [5.41, 5.74) is 0.972. The molecular formula is C14H19NO4. The van der Waals surface area contributed by atoms with Crippen LogP contribution >= 0.6 is 0 Å². The van der Waals surface area contributed by atoms with E-state index in [4.69, 9.17) is 9.47 Å². The van der Waals surface area contributed by atoms with Crippen molar-refractivity contribution in [1.29, 1.82) is 0 Å². The SMILES string of the molecule is O=C(OC[C@@H](CO)c1ccccc1)N1CCOCC1. The summed E-state index contributed by atoms with van der Waals surface area (Å²) in [5, 5.41) is 9.38. The lowest BCUT2D eigenvalue weighted by Crippen LogP contribution is -2.41. The van der Waals surface area contributed by atoms with Gasteiger partial charge in [0.25, 0.3) is 0 Å². The van der Waals surface area contributed by atoms with Gasteiger partial charge < -0.3 is 19.5 Å². The molecule has 1 aliphatic heterocycles. The van der Waals surface area contributed by atoms with Crippen LogP contribution in [0.15, 0.2) is 30.3 Å². The van der Waals surface area contributed by atoms with E-state index < -0.39 is 0 Å². The fourth-order valence-electron chi connectivity index (χ4n) is 1.99. The summed E-state index contributed by atoms with van der Waals surface area (Å²) in [4.78, 5) is 13.4. The first-order chi connectivity index (χ1) is 9.31. The second-order valence-electron chi connectivity index (χ2n) is 4.47. The number of carbonyl (C=O) groups is 1. The van der Waals surface area contributed by atoms with Crippen molar-refractivity contribution in [2.75, 3.05) is 39.5 Å². The Bertz CT molecular complexity index is 390. The highest BCUT2D eigenvalue weighted by Gasteiger charge is 2.20. The number of rotatable bonds is 4. The van der Waals surface area contributed by atoms with Crippen LogP contribution in [0.4, 0.5) is 4.79 Å². The van der Waals surface area contributed by atoms with Crippen LogP contribution in [0.2, 0.25) is 0 Å². The van der Waals surface area contributed by atoms with Crippen molar-refractivity contribution in [2.24, 2.45) is 0 Å². The van der Waals surface area contributed by atoms with Crippen LogP contribution in [-0.2, 0) is 9.47 Å². The number of aliphatic hydroxyl groups excluding tert-OH is 1. The number of amides is 1. The molecule has 5 nitrogen and oxygen atoms in total. The van der Waals surface area contributed by atoms with Crippen molar-refractivity contribution in [1.82, 2.24) is 4.90 Å². The lowest BCUT2D eigenvalue weighted by Gasteiger charge is -2.26. The average molecular weight is 265 g/mol. The number of carbonyl (C=O) groups excluding carboxylic acids is 1. The highest BCUT2D eigenvalue weighted by molar-refractivity contribution is 5.67. The van der Waals surface area contributed by atoms with Crippen molar-refractivity contribution in [3.63, 3.8) is 0 Å². The van der Waals surface area contributed by atoms with E-state index in [-0.39, 0.29) is 25.2 Å². The first-order valence-electron chi connectivity index (χ1n) is 6.46. The molecule has 0 unspecified atom stereocenters. The normalized spacial score (nSPS) is 17.0. The van der Waals surface area contributed by atoms with Crippen molar-refractivity contribution < 1.29 is 19.4 Å². The van der Waals surface area contributed by atoms with Crippen molar-refractivity contribution in [3.05, 3.63) is 35.9 Å². The minimum atomic E-state index is -0.335. The first-order valence-corrected chi connectivity index (χ1v) is 6.46. The second-order valence-corrected chi connectivity index (χ2v) is 4.47. The predicted molar refractivity (Wildman–Crippen MR) is 70.0 cm³/mol. The molecule has 1 atom stereocenters. The van der Waals surface area contributed by atoms with Gasteiger partial charge in [0, 0.05) is 19.0 Å². The molecule has 1 saturated heterocycles. The number of morpholine rings is 1. The van der Waals surface area contributed by atoms with E-state index in [2.05, 4.69) is 0 Å². The van der Waals surface area contributed by atoms with Crippen molar-refractivity contribution in [3.8, 4) is 0 Å². The van der Waals surface area contributed by atoms with E-state index in [9.17, 15) is 9.90 Å². The van der Waals surface area contributed by atoms with Crippen LogP contribution in [0, 0.1) is 0 Å². The van der Waals surface area contributed by atoms with E-state index in [1.54, 1.807) is 4.90 Å². The molecule has 1 heterocycles. The largest absolute Gasteiger partial charge is 0.449 e. The Morgan fingerprint density at radius 3 is 2.63 bits per heavy atom. The molecule has 0 aromatic heterocycles. The van der Waals surface area contributed by atoms with Gasteiger partial charge in [0.2, 0.25) is 0 Å². The number of nitrogens with zero attached hydrogens (tertiary/aromatic N) is 1. The number of ether oxygens (including phenoxy) is 2. The molecule has 1 N–H and O–H groups in total. The number of aliphatic hydroxyl groups is 1. The summed E-state index contributed by atoms with van der Waals surface area (Å²) in [6.07, 6.45) is -0.335. The van der Waals surface area contributed by atoms with Gasteiger partial charge in [-0.2, -0.15) is 0 Å². The zero-order chi connectivity index (χ0) is 13.5. The molecule has 2 rings (SSSR count). The monoisotopic (exact) mass is 265 g/mol. The second kappa shape index (κ2) is 7.11. The third kappa shape index (κ3) is 3.94. The molecule has 0 saturated carbocycles. The third-order valence-electron chi connectivity index (χ3n) is 3.17. The highest BCUT2D eigenvalue weighted by Crippen LogP contribution is 2.15. The smallest absolute Gasteiger partial charge is 0.409 e. The predicted octanol–water partition coefficient (Wildman–Crippen LogP) is 1.23. The van der Waals surface area contributed by atoms with Gasteiger partial charge in [-0.1, -0.05) is 30.3 Å². The molecule has 0 bridgehead atoms. The van der Waals surface area contributed by atoms with E-state index in [1.165, 1.54) is 0 Å². The zero-order valence-corrected chi connectivity index (χ0v) is 10.8. The fourth-order valence-corrected chi connectivity index (χ4v) is 1.99. The third-order valence-corrected chi connectivity index (χ3v) is 3.17. The zero-order valence-electron chi connectivity index (χ0n) is 10.8. The maximum absolute atomic E-state index is 11.8. The minimum Gasteiger partial charge on any atom is -0.449 e. The number of hydrogen-bond acceptors (Lipinski definition) is 4. The summed E-state index contributed by atoms with van der Waals surface area (Å²) in [7, 11) is 0. The molecule has 1 fully saturated rings. The van der Waals surface area contributed by atoms with Gasteiger partial charge >= 0.3 is 6.09 Å². The summed E-state index contributed by atoms with van der Waals surface area (Å²) in [6.45, 7) is 2.38. The first kappa shape index (κ1) is 13.8. The van der Waals surface area contributed by atoms with E-state index in [1.807, 2.05) is 30.3 Å². The van der Waals surface area contributed by atoms with E-state index in [0.717, 1.165) is 5.56 Å². The molecule has 0 aliphatic carbocycles. The molecule has 19 heavy (non-hydrogen) atoms. The van der Waals surface area contributed by atoms with Crippen molar-refractivity contribution >= 4 is 6.09 Å². The Morgan fingerprint density at radius 2 is 2.00 bits per heavy atom. The van der Waals surface area contributed by atoms with Crippen LogP contribution in [0.5, 0.6) is 0 Å². The molecule has 5 heteroatoms. The van der Waals surface area contributed by atoms with Gasteiger partial charge in [0.1, 0.15) is 6.61 Å². The van der Waals surface area contributed by atoms with Crippen LogP contribution in [-0.4, -0.2) is 55.6 Å². The Morgan fingerprint density at radius 1 is 1.32 bits per heavy atom. The molecule has 104 valence electrons. The molecule has 1 amide bonds. The average Bonchev–Trinajstić information content (AvgIpc) is 2.49. The van der Waals surface area contributed by atoms with Gasteiger partial charge in [0.15, 0.2) is 0 Å². The van der Waals surface area contributed by atoms with Crippen LogP contribution in [0.3, 0.4) is 0 Å². The summed E-state index contributed by atoms with van der Waals surface area (Å²) >= 11 is 0. The van der Waals surface area contributed by atoms with Gasteiger partial charge in [-0.05, 0) is 5.56 Å². The number of hydrogen-bond donors (Lipinski definition) is 1. The molecule has 1 aliphatic rings. The van der Waals surface area contributed by atoms with Gasteiger partial charge in [-0.15, -0.1) is 0 Å². The Balaban J connectivity index is 1.84. The summed E-state index contributed by atoms with van der Waals surface area (Å²) in [6, 6.07) is 9.56. The Hall–Kier alpha value is -1.59. The minimum absolute atomic E-state index is 0.0413.